The highest BCUT2D eigenvalue weighted by atomic mass is 19.1. The van der Waals surface area contributed by atoms with Gasteiger partial charge in [0.2, 0.25) is 5.82 Å². The Balaban J connectivity index is 2.22. The van der Waals surface area contributed by atoms with Gasteiger partial charge in [-0.15, -0.1) is 0 Å². The molecule has 1 N–H and O–H groups in total. The second kappa shape index (κ2) is 4.85. The topological polar surface area (TPSA) is 58.4 Å². The third-order valence-electron chi connectivity index (χ3n) is 2.98. The molecule has 5 nitrogen and oxygen atoms in total. The molecular formula is C11H13F2N3O2. The van der Waals surface area contributed by atoms with Crippen LogP contribution in [-0.2, 0) is 0 Å². The van der Waals surface area contributed by atoms with Crippen molar-refractivity contribution >= 4 is 11.4 Å². The molecule has 0 amide bonds. The summed E-state index contributed by atoms with van der Waals surface area (Å²) in [6.07, 6.45) is 0.821. The highest BCUT2D eigenvalue weighted by Crippen LogP contribution is 2.26. The largest absolute Gasteiger partial charge is 0.378 e. The van der Waals surface area contributed by atoms with Gasteiger partial charge in [0, 0.05) is 24.7 Å². The van der Waals surface area contributed by atoms with Gasteiger partial charge in [0.25, 0.3) is 0 Å². The van der Waals surface area contributed by atoms with E-state index in [1.165, 1.54) is 0 Å². The van der Waals surface area contributed by atoms with Crippen LogP contribution in [0.25, 0.3) is 0 Å². The highest BCUT2D eigenvalue weighted by Gasteiger charge is 2.23. The fourth-order valence-corrected chi connectivity index (χ4v) is 2.06. The van der Waals surface area contributed by atoms with E-state index in [2.05, 4.69) is 10.2 Å². The number of nitro benzene ring substituents is 1. The molecule has 1 saturated heterocycles. The number of hydrogen-bond acceptors (Lipinski definition) is 4. The number of anilines is 1. The number of likely N-dealkylation sites (tertiary alicyclic amines) is 1. The highest BCUT2D eigenvalue weighted by molar-refractivity contribution is 5.53. The second-order valence-corrected chi connectivity index (χ2v) is 4.43. The Hall–Kier alpha value is -1.76. The van der Waals surface area contributed by atoms with Crippen LogP contribution in [0.2, 0.25) is 0 Å². The molecule has 2 rings (SSSR count). The summed E-state index contributed by atoms with van der Waals surface area (Å²) in [5, 5.41) is 13.5. The summed E-state index contributed by atoms with van der Waals surface area (Å²) in [5.41, 5.74) is -0.742. The Morgan fingerprint density at radius 2 is 2.17 bits per heavy atom. The molecule has 18 heavy (non-hydrogen) atoms. The van der Waals surface area contributed by atoms with Crippen LogP contribution in [0.15, 0.2) is 12.1 Å². The quantitative estimate of drug-likeness (QED) is 0.664. The maximum atomic E-state index is 13.5. The van der Waals surface area contributed by atoms with E-state index >= 15 is 0 Å². The number of hydrogen-bond donors (Lipinski definition) is 1. The first-order valence-corrected chi connectivity index (χ1v) is 5.56. The van der Waals surface area contributed by atoms with Gasteiger partial charge >= 0.3 is 5.69 Å². The summed E-state index contributed by atoms with van der Waals surface area (Å²) >= 11 is 0. The van der Waals surface area contributed by atoms with Crippen LogP contribution in [0.4, 0.5) is 20.2 Å². The fraction of sp³-hybridized carbons (Fsp3) is 0.455. The maximum absolute atomic E-state index is 13.5. The lowest BCUT2D eigenvalue weighted by atomic mass is 10.2. The summed E-state index contributed by atoms with van der Waals surface area (Å²) < 4.78 is 26.6. The smallest absolute Gasteiger partial charge is 0.307 e. The minimum Gasteiger partial charge on any atom is -0.378 e. The molecule has 0 radical (unpaired) electrons. The van der Waals surface area contributed by atoms with Crippen LogP contribution in [0.1, 0.15) is 6.42 Å². The average molecular weight is 257 g/mol. The van der Waals surface area contributed by atoms with Crippen LogP contribution in [0, 0.1) is 21.7 Å². The van der Waals surface area contributed by atoms with Crippen LogP contribution >= 0.6 is 0 Å². The third-order valence-corrected chi connectivity index (χ3v) is 2.98. The van der Waals surface area contributed by atoms with Gasteiger partial charge < -0.3 is 10.2 Å². The van der Waals surface area contributed by atoms with Crippen molar-refractivity contribution in [1.82, 2.24) is 4.90 Å². The molecule has 1 aliphatic heterocycles. The van der Waals surface area contributed by atoms with Crippen LogP contribution in [0.5, 0.6) is 0 Å². The van der Waals surface area contributed by atoms with Gasteiger partial charge in [-0.1, -0.05) is 0 Å². The minimum atomic E-state index is -1.16. The Kier molecular flexibility index (Phi) is 3.42. The molecular weight excluding hydrogens is 244 g/mol. The van der Waals surface area contributed by atoms with E-state index in [1.54, 1.807) is 0 Å². The molecule has 1 atom stereocenters. The molecule has 7 heteroatoms. The van der Waals surface area contributed by atoms with Crippen LogP contribution in [-0.4, -0.2) is 36.0 Å². The summed E-state index contributed by atoms with van der Waals surface area (Å²) in [6.45, 7) is 1.60. The number of nitrogens with one attached hydrogen (secondary N) is 1. The Bertz CT molecular complexity index is 482. The predicted octanol–water partition coefficient (Wildman–Crippen LogP) is 1.99. The van der Waals surface area contributed by atoms with Gasteiger partial charge in [-0.3, -0.25) is 10.1 Å². The third kappa shape index (κ3) is 2.56. The molecule has 1 heterocycles. The molecule has 1 aromatic carbocycles. The van der Waals surface area contributed by atoms with Crippen molar-refractivity contribution in [1.29, 1.82) is 0 Å². The van der Waals surface area contributed by atoms with E-state index in [9.17, 15) is 18.9 Å². The monoisotopic (exact) mass is 257 g/mol. The van der Waals surface area contributed by atoms with Crippen molar-refractivity contribution in [3.63, 3.8) is 0 Å². The standard InChI is InChI=1S/C11H13F2N3O2/c1-15-3-2-7(6-15)14-10-5-11(16(17)18)9(13)4-8(10)12/h4-5,7,14H,2-3,6H2,1H3. The lowest BCUT2D eigenvalue weighted by Crippen LogP contribution is -2.24. The number of nitrogens with zero attached hydrogens (tertiary/aromatic N) is 2. The summed E-state index contributed by atoms with van der Waals surface area (Å²) in [6, 6.07) is 1.47. The van der Waals surface area contributed by atoms with Gasteiger partial charge in [0.1, 0.15) is 5.82 Å². The zero-order valence-corrected chi connectivity index (χ0v) is 9.82. The SMILES string of the molecule is CN1CCC(Nc2cc([N+](=O)[O-])c(F)cc2F)C1. The molecule has 0 bridgehead atoms. The van der Waals surface area contributed by atoms with Crippen LogP contribution in [0.3, 0.4) is 0 Å². The van der Waals surface area contributed by atoms with Gasteiger partial charge in [0.15, 0.2) is 0 Å². The molecule has 1 aromatic rings. The van der Waals surface area contributed by atoms with E-state index in [0.717, 1.165) is 25.6 Å². The molecule has 0 aromatic heterocycles. The molecule has 1 fully saturated rings. The van der Waals surface area contributed by atoms with Gasteiger partial charge in [-0.05, 0) is 20.0 Å². The molecule has 0 aliphatic carbocycles. The van der Waals surface area contributed by atoms with Crippen molar-refractivity contribution in [2.75, 3.05) is 25.5 Å². The van der Waals surface area contributed by atoms with Crippen molar-refractivity contribution in [2.45, 2.75) is 12.5 Å². The number of benzene rings is 1. The van der Waals surface area contributed by atoms with Crippen molar-refractivity contribution in [3.05, 3.63) is 33.9 Å². The summed E-state index contributed by atoms with van der Waals surface area (Å²) in [7, 11) is 1.94. The van der Waals surface area contributed by atoms with Crippen LogP contribution < -0.4 is 5.32 Å². The van der Waals surface area contributed by atoms with Crippen molar-refractivity contribution in [2.24, 2.45) is 0 Å². The molecule has 0 saturated carbocycles. The number of halogens is 2. The first kappa shape index (κ1) is 12.7. The first-order valence-electron chi connectivity index (χ1n) is 5.56. The second-order valence-electron chi connectivity index (χ2n) is 4.43. The normalized spacial score (nSPS) is 20.1. The van der Waals surface area contributed by atoms with E-state index in [1.807, 2.05) is 7.05 Å². The predicted molar refractivity (Wildman–Crippen MR) is 62.5 cm³/mol. The lowest BCUT2D eigenvalue weighted by Gasteiger charge is -2.14. The number of rotatable bonds is 3. The maximum Gasteiger partial charge on any atom is 0.307 e. The molecule has 98 valence electrons. The van der Waals surface area contributed by atoms with E-state index in [-0.39, 0.29) is 11.7 Å². The van der Waals surface area contributed by atoms with E-state index in [0.29, 0.717) is 6.07 Å². The first-order chi connectivity index (χ1) is 8.47. The van der Waals surface area contributed by atoms with Gasteiger partial charge in [-0.25, -0.2) is 4.39 Å². The minimum absolute atomic E-state index is 0.0227. The van der Waals surface area contributed by atoms with Gasteiger partial charge in [0.05, 0.1) is 10.6 Å². The number of nitro groups is 1. The van der Waals surface area contributed by atoms with Crippen molar-refractivity contribution in [3.8, 4) is 0 Å². The van der Waals surface area contributed by atoms with Crippen molar-refractivity contribution < 1.29 is 13.7 Å². The van der Waals surface area contributed by atoms with E-state index < -0.39 is 22.2 Å². The lowest BCUT2D eigenvalue weighted by molar-refractivity contribution is -0.387. The Morgan fingerprint density at radius 1 is 1.44 bits per heavy atom. The average Bonchev–Trinajstić information content (AvgIpc) is 2.67. The molecule has 1 unspecified atom stereocenters. The fourth-order valence-electron chi connectivity index (χ4n) is 2.06. The van der Waals surface area contributed by atoms with Gasteiger partial charge in [-0.2, -0.15) is 4.39 Å². The zero-order valence-electron chi connectivity index (χ0n) is 9.82. The number of likely N-dealkylation sites (N-methyl/N-ethyl adjacent to an activating group) is 1. The van der Waals surface area contributed by atoms with E-state index in [4.69, 9.17) is 0 Å². The Morgan fingerprint density at radius 3 is 2.72 bits per heavy atom. The Labute approximate surface area is 103 Å². The molecule has 0 spiro atoms. The summed E-state index contributed by atoms with van der Waals surface area (Å²) in [5.74, 6) is -1.97. The zero-order chi connectivity index (χ0) is 13.3. The summed E-state index contributed by atoms with van der Waals surface area (Å²) in [4.78, 5) is 11.8. The molecule has 1 aliphatic rings.